The molecule has 1 rings (SSSR count). The fourth-order valence-electron chi connectivity index (χ4n) is 1.62. The number of hydrogen-bond donors (Lipinski definition) is 1. The minimum Gasteiger partial charge on any atom is -0.395 e. The number of hydrogen-bond acceptors (Lipinski definition) is 4. The molecule has 1 heterocycles. The molecule has 1 aromatic rings. The van der Waals surface area contributed by atoms with Crippen LogP contribution in [-0.4, -0.2) is 41.2 Å². The molecule has 0 radical (unpaired) electrons. The van der Waals surface area contributed by atoms with E-state index in [1.165, 1.54) is 4.88 Å². The fourth-order valence-corrected chi connectivity index (χ4v) is 2.39. The minimum absolute atomic E-state index is 0.252. The molecule has 86 valence electrons. The molecule has 0 unspecified atom stereocenters. The van der Waals surface area contributed by atoms with Crippen LogP contribution in [0.1, 0.15) is 23.9 Å². The predicted octanol–water partition coefficient (Wildman–Crippen LogP) is 1.70. The molecule has 0 aliphatic carbocycles. The highest BCUT2D eigenvalue weighted by Crippen LogP contribution is 2.13. The van der Waals surface area contributed by atoms with E-state index in [1.807, 2.05) is 5.51 Å². The highest BCUT2D eigenvalue weighted by molar-refractivity contribution is 7.09. The van der Waals surface area contributed by atoms with Crippen LogP contribution in [0.4, 0.5) is 0 Å². The van der Waals surface area contributed by atoms with Gasteiger partial charge in [0.25, 0.3) is 0 Å². The summed E-state index contributed by atoms with van der Waals surface area (Å²) in [6, 6.07) is 0. The first kappa shape index (κ1) is 12.6. The zero-order chi connectivity index (χ0) is 11.1. The van der Waals surface area contributed by atoms with Gasteiger partial charge in [-0.15, -0.1) is 11.3 Å². The lowest BCUT2D eigenvalue weighted by Gasteiger charge is -2.19. The van der Waals surface area contributed by atoms with Crippen molar-refractivity contribution in [1.82, 2.24) is 9.88 Å². The lowest BCUT2D eigenvalue weighted by atomic mass is 10.2. The second-order valence-electron chi connectivity index (χ2n) is 3.68. The van der Waals surface area contributed by atoms with Gasteiger partial charge in [-0.3, -0.25) is 0 Å². The van der Waals surface area contributed by atoms with E-state index in [-0.39, 0.29) is 6.61 Å². The summed E-state index contributed by atoms with van der Waals surface area (Å²) in [5.74, 6) is 0. The number of aliphatic hydroxyl groups is 1. The maximum absolute atomic E-state index is 8.92. The lowest BCUT2D eigenvalue weighted by molar-refractivity contribution is 0.197. The Morgan fingerprint density at radius 2 is 2.20 bits per heavy atom. The molecule has 0 amide bonds. The molecular weight excluding hydrogens is 208 g/mol. The number of aromatic nitrogens is 1. The smallest absolute Gasteiger partial charge is 0.0797 e. The first-order valence-electron chi connectivity index (χ1n) is 5.50. The van der Waals surface area contributed by atoms with Crippen molar-refractivity contribution in [2.45, 2.75) is 26.7 Å². The van der Waals surface area contributed by atoms with Crippen molar-refractivity contribution in [3.63, 3.8) is 0 Å². The van der Waals surface area contributed by atoms with Gasteiger partial charge in [0, 0.05) is 18.0 Å². The van der Waals surface area contributed by atoms with E-state index in [9.17, 15) is 0 Å². The minimum atomic E-state index is 0.252. The number of aryl methyl sites for hydroxylation is 1. The summed E-state index contributed by atoms with van der Waals surface area (Å²) in [6.07, 6.45) is 2.19. The van der Waals surface area contributed by atoms with Gasteiger partial charge in [0.1, 0.15) is 0 Å². The molecule has 1 aromatic heterocycles. The Morgan fingerprint density at radius 1 is 1.40 bits per heavy atom. The molecule has 0 bridgehead atoms. The Bertz CT molecular complexity index is 269. The van der Waals surface area contributed by atoms with Crippen LogP contribution in [0.3, 0.4) is 0 Å². The standard InChI is InChI=1S/C11H20N2OS/c1-3-5-13(7-8-14)6-4-11-10(2)12-9-15-11/h9,14H,3-8H2,1-2H3. The van der Waals surface area contributed by atoms with E-state index in [1.54, 1.807) is 11.3 Å². The third kappa shape index (κ3) is 4.28. The van der Waals surface area contributed by atoms with E-state index in [0.29, 0.717) is 0 Å². The summed E-state index contributed by atoms with van der Waals surface area (Å²) in [5.41, 5.74) is 3.06. The van der Waals surface area contributed by atoms with Crippen molar-refractivity contribution in [3.05, 3.63) is 16.1 Å². The molecule has 0 saturated carbocycles. The topological polar surface area (TPSA) is 36.4 Å². The number of thiazole rings is 1. The summed E-state index contributed by atoms with van der Waals surface area (Å²) < 4.78 is 0. The normalized spacial score (nSPS) is 11.2. The van der Waals surface area contributed by atoms with Crippen LogP contribution in [0.2, 0.25) is 0 Å². The second kappa shape index (κ2) is 6.93. The van der Waals surface area contributed by atoms with Crippen molar-refractivity contribution in [2.75, 3.05) is 26.2 Å². The third-order valence-electron chi connectivity index (χ3n) is 2.46. The molecule has 1 N–H and O–H groups in total. The number of aliphatic hydroxyl groups excluding tert-OH is 1. The van der Waals surface area contributed by atoms with Crippen molar-refractivity contribution in [3.8, 4) is 0 Å². The number of rotatable bonds is 7. The molecule has 0 fully saturated rings. The van der Waals surface area contributed by atoms with Crippen molar-refractivity contribution in [2.24, 2.45) is 0 Å². The maximum atomic E-state index is 8.92. The van der Waals surface area contributed by atoms with E-state index in [2.05, 4.69) is 23.7 Å². The maximum Gasteiger partial charge on any atom is 0.0797 e. The highest BCUT2D eigenvalue weighted by atomic mass is 32.1. The summed E-state index contributed by atoms with van der Waals surface area (Å²) in [5, 5.41) is 8.92. The Hall–Kier alpha value is -0.450. The average molecular weight is 228 g/mol. The van der Waals surface area contributed by atoms with Crippen LogP contribution in [0, 0.1) is 6.92 Å². The van der Waals surface area contributed by atoms with E-state index in [0.717, 1.165) is 38.2 Å². The van der Waals surface area contributed by atoms with Crippen LogP contribution in [0.5, 0.6) is 0 Å². The molecule has 15 heavy (non-hydrogen) atoms. The fraction of sp³-hybridized carbons (Fsp3) is 0.727. The monoisotopic (exact) mass is 228 g/mol. The van der Waals surface area contributed by atoms with Gasteiger partial charge in [-0.2, -0.15) is 0 Å². The predicted molar refractivity (Wildman–Crippen MR) is 64.4 cm³/mol. The number of nitrogens with zero attached hydrogens (tertiary/aromatic N) is 2. The largest absolute Gasteiger partial charge is 0.395 e. The summed E-state index contributed by atoms with van der Waals surface area (Å²) in [4.78, 5) is 7.91. The molecule has 0 spiro atoms. The quantitative estimate of drug-likeness (QED) is 0.771. The zero-order valence-electron chi connectivity index (χ0n) is 9.57. The molecule has 3 nitrogen and oxygen atoms in total. The SMILES string of the molecule is CCCN(CCO)CCc1scnc1C. The third-order valence-corrected chi connectivity index (χ3v) is 3.45. The average Bonchev–Trinajstić information content (AvgIpc) is 2.61. The van der Waals surface area contributed by atoms with E-state index in [4.69, 9.17) is 5.11 Å². The first-order valence-corrected chi connectivity index (χ1v) is 6.38. The van der Waals surface area contributed by atoms with E-state index >= 15 is 0 Å². The Morgan fingerprint density at radius 3 is 2.73 bits per heavy atom. The van der Waals surface area contributed by atoms with Crippen LogP contribution < -0.4 is 0 Å². The Labute approximate surface area is 95.8 Å². The van der Waals surface area contributed by atoms with Gasteiger partial charge in [0.2, 0.25) is 0 Å². The Balaban J connectivity index is 2.36. The molecule has 0 aliphatic rings. The summed E-state index contributed by atoms with van der Waals surface area (Å²) >= 11 is 1.73. The van der Waals surface area contributed by atoms with Crippen molar-refractivity contribution < 1.29 is 5.11 Å². The summed E-state index contributed by atoms with van der Waals surface area (Å²) in [7, 11) is 0. The molecule has 0 saturated heterocycles. The van der Waals surface area contributed by atoms with Crippen LogP contribution in [-0.2, 0) is 6.42 Å². The zero-order valence-corrected chi connectivity index (χ0v) is 10.4. The van der Waals surface area contributed by atoms with E-state index < -0.39 is 0 Å². The van der Waals surface area contributed by atoms with Gasteiger partial charge in [0.05, 0.1) is 17.8 Å². The molecule has 0 aromatic carbocycles. The second-order valence-corrected chi connectivity index (χ2v) is 4.62. The van der Waals surface area contributed by atoms with Gasteiger partial charge >= 0.3 is 0 Å². The van der Waals surface area contributed by atoms with Gasteiger partial charge in [-0.1, -0.05) is 6.92 Å². The van der Waals surface area contributed by atoms with Crippen LogP contribution in [0.15, 0.2) is 5.51 Å². The van der Waals surface area contributed by atoms with Gasteiger partial charge < -0.3 is 10.0 Å². The summed E-state index contributed by atoms with van der Waals surface area (Å²) in [6.45, 7) is 7.35. The first-order chi connectivity index (χ1) is 7.27. The highest BCUT2D eigenvalue weighted by Gasteiger charge is 2.06. The molecule has 4 heteroatoms. The van der Waals surface area contributed by atoms with Crippen molar-refractivity contribution >= 4 is 11.3 Å². The molecular formula is C11H20N2OS. The van der Waals surface area contributed by atoms with Crippen LogP contribution >= 0.6 is 11.3 Å². The van der Waals surface area contributed by atoms with Crippen LogP contribution in [0.25, 0.3) is 0 Å². The van der Waals surface area contributed by atoms with Crippen molar-refractivity contribution in [1.29, 1.82) is 0 Å². The van der Waals surface area contributed by atoms with Gasteiger partial charge in [-0.25, -0.2) is 4.98 Å². The molecule has 0 aliphatic heterocycles. The molecule has 0 atom stereocenters. The van der Waals surface area contributed by atoms with Gasteiger partial charge in [0.15, 0.2) is 0 Å². The Kier molecular flexibility index (Phi) is 5.83. The lowest BCUT2D eigenvalue weighted by Crippen LogP contribution is -2.29. The van der Waals surface area contributed by atoms with Gasteiger partial charge in [-0.05, 0) is 26.3 Å².